The first kappa shape index (κ1) is 9.52. The summed E-state index contributed by atoms with van der Waals surface area (Å²) in [6.45, 7) is 3.55. The van der Waals surface area contributed by atoms with Gasteiger partial charge in [-0.1, -0.05) is 0 Å². The van der Waals surface area contributed by atoms with Gasteiger partial charge >= 0.3 is 5.69 Å². The Labute approximate surface area is 82.8 Å². The van der Waals surface area contributed by atoms with Gasteiger partial charge in [0.15, 0.2) is 0 Å². The Morgan fingerprint density at radius 1 is 1.43 bits per heavy atom. The van der Waals surface area contributed by atoms with Crippen LogP contribution in [0.1, 0.15) is 38.8 Å². The van der Waals surface area contributed by atoms with Gasteiger partial charge in [0.2, 0.25) is 0 Å². The Kier molecular flexibility index (Phi) is 2.23. The van der Waals surface area contributed by atoms with Crippen molar-refractivity contribution in [3.8, 4) is 0 Å². The Morgan fingerprint density at radius 2 is 2.07 bits per heavy atom. The lowest BCUT2D eigenvalue weighted by Crippen LogP contribution is -2.30. The van der Waals surface area contributed by atoms with E-state index < -0.39 is 6.10 Å². The molecule has 1 aromatic rings. The summed E-state index contributed by atoms with van der Waals surface area (Å²) in [5.74, 6) is 0. The predicted molar refractivity (Wildman–Crippen MR) is 53.4 cm³/mol. The zero-order valence-corrected chi connectivity index (χ0v) is 8.55. The molecule has 0 amide bonds. The maximum Gasteiger partial charge on any atom is 0.328 e. The van der Waals surface area contributed by atoms with Crippen LogP contribution in [0, 0.1) is 0 Å². The van der Waals surface area contributed by atoms with E-state index in [4.69, 9.17) is 0 Å². The van der Waals surface area contributed by atoms with E-state index in [1.807, 2.05) is 13.1 Å². The van der Waals surface area contributed by atoms with Crippen LogP contribution in [0.15, 0.2) is 17.2 Å². The average molecular weight is 196 g/mol. The number of aliphatic hydroxyl groups excluding tert-OH is 1. The molecule has 0 aliphatic heterocycles. The van der Waals surface area contributed by atoms with Crippen LogP contribution in [0.4, 0.5) is 0 Å². The molecule has 0 aromatic carbocycles. The Hall–Kier alpha value is -1.03. The zero-order chi connectivity index (χ0) is 10.3. The van der Waals surface area contributed by atoms with E-state index >= 15 is 0 Å². The van der Waals surface area contributed by atoms with Crippen molar-refractivity contribution in [3.63, 3.8) is 0 Å². The summed E-state index contributed by atoms with van der Waals surface area (Å²) < 4.78 is 3.36. The van der Waals surface area contributed by atoms with E-state index in [0.29, 0.717) is 6.04 Å². The lowest BCUT2D eigenvalue weighted by molar-refractivity contribution is 0.137. The van der Waals surface area contributed by atoms with Crippen molar-refractivity contribution in [3.05, 3.63) is 22.9 Å². The number of aliphatic hydroxyl groups is 1. The van der Waals surface area contributed by atoms with Crippen molar-refractivity contribution in [2.24, 2.45) is 0 Å². The van der Waals surface area contributed by atoms with Crippen LogP contribution < -0.4 is 5.69 Å². The van der Waals surface area contributed by atoms with Crippen molar-refractivity contribution in [2.45, 2.75) is 44.9 Å². The van der Waals surface area contributed by atoms with E-state index in [1.165, 1.54) is 0 Å². The van der Waals surface area contributed by atoms with Crippen molar-refractivity contribution in [2.75, 3.05) is 0 Å². The maximum atomic E-state index is 11.8. The van der Waals surface area contributed by atoms with Crippen molar-refractivity contribution in [1.82, 2.24) is 9.13 Å². The second kappa shape index (κ2) is 3.28. The molecule has 78 valence electrons. The molecule has 14 heavy (non-hydrogen) atoms. The lowest BCUT2D eigenvalue weighted by atomic mass is 10.2. The Morgan fingerprint density at radius 3 is 2.57 bits per heavy atom. The van der Waals surface area contributed by atoms with Gasteiger partial charge in [-0.3, -0.25) is 9.13 Å². The quantitative estimate of drug-likeness (QED) is 0.781. The van der Waals surface area contributed by atoms with Gasteiger partial charge < -0.3 is 5.11 Å². The van der Waals surface area contributed by atoms with E-state index in [1.54, 1.807) is 22.3 Å². The second-order valence-corrected chi connectivity index (χ2v) is 4.11. The third-order valence-corrected chi connectivity index (χ3v) is 2.91. The molecule has 1 aromatic heterocycles. The maximum absolute atomic E-state index is 11.8. The van der Waals surface area contributed by atoms with Gasteiger partial charge in [0, 0.05) is 18.4 Å². The van der Waals surface area contributed by atoms with Gasteiger partial charge in [-0.15, -0.1) is 0 Å². The van der Waals surface area contributed by atoms with E-state index in [2.05, 4.69) is 0 Å². The lowest BCUT2D eigenvalue weighted by Gasteiger charge is -2.14. The van der Waals surface area contributed by atoms with Crippen molar-refractivity contribution < 1.29 is 5.11 Å². The summed E-state index contributed by atoms with van der Waals surface area (Å²) in [4.78, 5) is 11.8. The molecule has 2 atom stereocenters. The molecule has 1 aliphatic rings. The molecule has 1 N–H and O–H groups in total. The van der Waals surface area contributed by atoms with Gasteiger partial charge in [0.25, 0.3) is 0 Å². The number of imidazole rings is 1. The van der Waals surface area contributed by atoms with Gasteiger partial charge in [0.05, 0.1) is 12.1 Å². The van der Waals surface area contributed by atoms with Gasteiger partial charge in [-0.05, 0) is 26.7 Å². The smallest absolute Gasteiger partial charge is 0.328 e. The minimum Gasteiger partial charge on any atom is -0.391 e. The number of hydrogen-bond donors (Lipinski definition) is 1. The summed E-state index contributed by atoms with van der Waals surface area (Å²) in [5.41, 5.74) is 0.000833. The summed E-state index contributed by atoms with van der Waals surface area (Å²) in [6, 6.07) is 0.257. The number of aromatic nitrogens is 2. The molecule has 4 heteroatoms. The molecule has 4 nitrogen and oxygen atoms in total. The topological polar surface area (TPSA) is 47.2 Å². The molecule has 0 radical (unpaired) electrons. The summed E-state index contributed by atoms with van der Waals surface area (Å²) in [7, 11) is 0. The van der Waals surface area contributed by atoms with Crippen LogP contribution in [-0.4, -0.2) is 20.3 Å². The fraction of sp³-hybridized carbons (Fsp3) is 0.700. The Bertz CT molecular complexity index is 374. The number of hydrogen-bond acceptors (Lipinski definition) is 2. The first-order valence-electron chi connectivity index (χ1n) is 5.08. The molecule has 0 spiro atoms. The summed E-state index contributed by atoms with van der Waals surface area (Å²) >= 11 is 0. The SMILES string of the molecule is CC(O)C(C)n1ccn(C2CC2)c1=O. The molecule has 0 saturated heterocycles. The second-order valence-electron chi connectivity index (χ2n) is 4.11. The molecule has 1 aliphatic carbocycles. The highest BCUT2D eigenvalue weighted by Gasteiger charge is 2.26. The number of rotatable bonds is 3. The first-order valence-corrected chi connectivity index (χ1v) is 5.08. The van der Waals surface area contributed by atoms with Crippen LogP contribution in [-0.2, 0) is 0 Å². The molecule has 0 bridgehead atoms. The highest BCUT2D eigenvalue weighted by atomic mass is 16.3. The number of nitrogens with zero attached hydrogens (tertiary/aromatic N) is 2. The van der Waals surface area contributed by atoms with Crippen LogP contribution in [0.25, 0.3) is 0 Å². The van der Waals surface area contributed by atoms with E-state index in [0.717, 1.165) is 12.8 Å². The van der Waals surface area contributed by atoms with Crippen LogP contribution >= 0.6 is 0 Å². The molecular weight excluding hydrogens is 180 g/mol. The van der Waals surface area contributed by atoms with Gasteiger partial charge in [0.1, 0.15) is 0 Å². The third-order valence-electron chi connectivity index (χ3n) is 2.91. The molecule has 1 heterocycles. The molecule has 2 rings (SSSR count). The molecular formula is C10H16N2O2. The zero-order valence-electron chi connectivity index (χ0n) is 8.55. The van der Waals surface area contributed by atoms with Crippen molar-refractivity contribution in [1.29, 1.82) is 0 Å². The third kappa shape index (κ3) is 1.50. The standard InChI is InChI=1S/C10H16N2O2/c1-7(8(2)13)11-5-6-12(10(11)14)9-3-4-9/h5-9,13H,3-4H2,1-2H3. The van der Waals surface area contributed by atoms with Crippen LogP contribution in [0.3, 0.4) is 0 Å². The largest absolute Gasteiger partial charge is 0.391 e. The van der Waals surface area contributed by atoms with E-state index in [9.17, 15) is 9.90 Å². The van der Waals surface area contributed by atoms with Crippen molar-refractivity contribution >= 4 is 0 Å². The van der Waals surface area contributed by atoms with Gasteiger partial charge in [-0.2, -0.15) is 0 Å². The highest BCUT2D eigenvalue weighted by molar-refractivity contribution is 4.93. The fourth-order valence-electron chi connectivity index (χ4n) is 1.58. The monoisotopic (exact) mass is 196 g/mol. The molecule has 2 unspecified atom stereocenters. The highest BCUT2D eigenvalue weighted by Crippen LogP contribution is 2.33. The predicted octanol–water partition coefficient (Wildman–Crippen LogP) is 0.926. The van der Waals surface area contributed by atoms with Gasteiger partial charge in [-0.25, -0.2) is 4.79 Å². The summed E-state index contributed by atoms with van der Waals surface area (Å²) in [6.07, 6.45) is 5.29. The normalized spacial score (nSPS) is 20.8. The minimum atomic E-state index is -0.497. The molecule has 1 fully saturated rings. The summed E-state index contributed by atoms with van der Waals surface area (Å²) in [5, 5.41) is 9.39. The average Bonchev–Trinajstić information content (AvgIpc) is 2.89. The first-order chi connectivity index (χ1) is 6.61. The molecule has 1 saturated carbocycles. The fourth-order valence-corrected chi connectivity index (χ4v) is 1.58. The Balaban J connectivity index is 2.30. The van der Waals surface area contributed by atoms with Crippen LogP contribution in [0.5, 0.6) is 0 Å². The van der Waals surface area contributed by atoms with Crippen LogP contribution in [0.2, 0.25) is 0 Å². The minimum absolute atomic E-state index is 0.000833. The van der Waals surface area contributed by atoms with E-state index in [-0.39, 0.29) is 11.7 Å².